The largest absolute Gasteiger partial charge is 0.0959 e. The smallest absolute Gasteiger partial charge is 0.0328 e. The second-order valence-corrected chi connectivity index (χ2v) is 12.4. The second-order valence-electron chi connectivity index (χ2n) is 12.4. The van der Waals surface area contributed by atoms with Crippen molar-refractivity contribution in [2.24, 2.45) is 45.3 Å². The third-order valence-electron chi connectivity index (χ3n) is 9.26. The van der Waals surface area contributed by atoms with E-state index in [2.05, 4.69) is 25.7 Å². The van der Waals surface area contributed by atoms with Crippen LogP contribution in [0.25, 0.3) is 0 Å². The van der Waals surface area contributed by atoms with Crippen LogP contribution in [0.2, 0.25) is 0 Å². The molecule has 8 aliphatic rings. The summed E-state index contributed by atoms with van der Waals surface area (Å²) < 4.78 is 0. The molecule has 2 unspecified atom stereocenters. The van der Waals surface area contributed by atoms with E-state index in [0.717, 1.165) is 23.7 Å². The molecule has 0 aromatic rings. The van der Waals surface area contributed by atoms with Crippen LogP contribution in [0.1, 0.15) is 90.9 Å². The number of hydrogen-bond donors (Lipinski definition) is 0. The van der Waals surface area contributed by atoms with E-state index in [0.29, 0.717) is 21.7 Å². The maximum absolute atomic E-state index is 4.08. The molecule has 0 spiro atoms. The molecule has 130 valence electrons. The summed E-state index contributed by atoms with van der Waals surface area (Å²) >= 11 is 0. The minimum Gasteiger partial charge on any atom is -0.0959 e. The highest BCUT2D eigenvalue weighted by Crippen LogP contribution is 2.69. The van der Waals surface area contributed by atoms with Crippen LogP contribution in [0, 0.1) is 57.2 Å². The Balaban J connectivity index is 1.35. The molecule has 8 aliphatic carbocycles. The Kier molecular flexibility index (Phi) is 2.62. The molecular weight excluding hydrogens is 288 g/mol. The average Bonchev–Trinajstić information content (AvgIpc) is 2.40. The van der Waals surface area contributed by atoms with E-state index in [-0.39, 0.29) is 0 Å². The molecule has 0 radical (unpaired) electrons. The number of rotatable bonds is 0. The van der Waals surface area contributed by atoms with Crippen molar-refractivity contribution in [2.75, 3.05) is 0 Å². The Bertz CT molecular complexity index is 589. The molecule has 2 atom stereocenters. The lowest BCUT2D eigenvalue weighted by atomic mass is 9.40. The standard InChI is InChI=1S/C24H34/c1-21-8-20-9-22(2,14-21)16-24(13-20,15-21)4-3-23-10-17-5-18(11-23)7-19(6-17)12-23/h17-20H,5-16H2,1-2H3. The van der Waals surface area contributed by atoms with Gasteiger partial charge < -0.3 is 0 Å². The van der Waals surface area contributed by atoms with Gasteiger partial charge in [-0.2, -0.15) is 0 Å². The molecule has 0 aromatic carbocycles. The van der Waals surface area contributed by atoms with Gasteiger partial charge in [-0.25, -0.2) is 0 Å². The van der Waals surface area contributed by atoms with Crippen LogP contribution in [0.3, 0.4) is 0 Å². The topological polar surface area (TPSA) is 0 Å². The predicted molar refractivity (Wildman–Crippen MR) is 98.2 cm³/mol. The molecule has 24 heavy (non-hydrogen) atoms. The van der Waals surface area contributed by atoms with Crippen molar-refractivity contribution in [1.82, 2.24) is 0 Å². The highest BCUT2D eigenvalue weighted by molar-refractivity contribution is 5.27. The van der Waals surface area contributed by atoms with Gasteiger partial charge >= 0.3 is 0 Å². The summed E-state index contributed by atoms with van der Waals surface area (Å²) in [7, 11) is 0. The molecule has 0 aliphatic heterocycles. The van der Waals surface area contributed by atoms with Gasteiger partial charge in [-0.05, 0) is 112 Å². The Hall–Kier alpha value is -0.440. The Morgan fingerprint density at radius 1 is 0.542 bits per heavy atom. The summed E-state index contributed by atoms with van der Waals surface area (Å²) in [6.45, 7) is 5.19. The van der Waals surface area contributed by atoms with Gasteiger partial charge in [0.05, 0.1) is 0 Å². The first-order valence-corrected chi connectivity index (χ1v) is 10.9. The van der Waals surface area contributed by atoms with E-state index < -0.39 is 0 Å². The van der Waals surface area contributed by atoms with Crippen molar-refractivity contribution >= 4 is 0 Å². The van der Waals surface area contributed by atoms with Gasteiger partial charge in [0.1, 0.15) is 0 Å². The summed E-state index contributed by atoms with van der Waals surface area (Å²) in [5.41, 5.74) is 2.10. The van der Waals surface area contributed by atoms with E-state index in [4.69, 9.17) is 0 Å². The lowest BCUT2D eigenvalue weighted by molar-refractivity contribution is -0.120. The van der Waals surface area contributed by atoms with E-state index in [1.54, 1.807) is 19.3 Å². The first-order chi connectivity index (χ1) is 11.3. The molecule has 0 saturated heterocycles. The molecule has 8 saturated carbocycles. The quantitative estimate of drug-likeness (QED) is 0.466. The van der Waals surface area contributed by atoms with Crippen LogP contribution in [0.5, 0.6) is 0 Å². The van der Waals surface area contributed by atoms with E-state index >= 15 is 0 Å². The highest BCUT2D eigenvalue weighted by Gasteiger charge is 2.60. The third-order valence-corrected chi connectivity index (χ3v) is 9.26. The van der Waals surface area contributed by atoms with E-state index in [1.807, 2.05) is 0 Å². The molecule has 0 amide bonds. The van der Waals surface area contributed by atoms with Crippen molar-refractivity contribution in [3.05, 3.63) is 0 Å². The average molecular weight is 323 g/mol. The van der Waals surface area contributed by atoms with Gasteiger partial charge in [0.25, 0.3) is 0 Å². The molecular formula is C24H34. The van der Waals surface area contributed by atoms with Crippen molar-refractivity contribution in [3.8, 4) is 11.8 Å². The molecule has 8 rings (SSSR count). The minimum atomic E-state index is 0.409. The van der Waals surface area contributed by atoms with Crippen LogP contribution < -0.4 is 0 Å². The Morgan fingerprint density at radius 2 is 1.00 bits per heavy atom. The normalized spacial score (nSPS) is 62.6. The predicted octanol–water partition coefficient (Wildman–Crippen LogP) is 6.20. The van der Waals surface area contributed by atoms with Crippen LogP contribution in [0.4, 0.5) is 0 Å². The first kappa shape index (κ1) is 14.7. The fourth-order valence-electron chi connectivity index (χ4n) is 10.1. The second kappa shape index (κ2) is 4.27. The fourth-order valence-corrected chi connectivity index (χ4v) is 10.1. The summed E-state index contributed by atoms with van der Waals surface area (Å²) in [5.74, 6) is 12.3. The SMILES string of the molecule is CC12CC3CC(C)(C1)CC(C#CC14CC5CC(CC(C5)C1)C4)(C3)C2. The van der Waals surface area contributed by atoms with E-state index in [9.17, 15) is 0 Å². The van der Waals surface area contributed by atoms with Crippen LogP contribution in [-0.4, -0.2) is 0 Å². The lowest BCUT2D eigenvalue weighted by Gasteiger charge is -2.64. The van der Waals surface area contributed by atoms with Gasteiger partial charge in [0, 0.05) is 10.8 Å². The summed E-state index contributed by atoms with van der Waals surface area (Å²) in [6.07, 6.45) is 17.8. The highest BCUT2D eigenvalue weighted by atomic mass is 14.6. The number of hydrogen-bond acceptors (Lipinski definition) is 0. The van der Waals surface area contributed by atoms with Crippen LogP contribution in [-0.2, 0) is 0 Å². The Labute approximate surface area is 148 Å². The maximum atomic E-state index is 4.08. The van der Waals surface area contributed by atoms with Crippen molar-refractivity contribution < 1.29 is 0 Å². The molecule has 0 aromatic heterocycles. The van der Waals surface area contributed by atoms with E-state index in [1.165, 1.54) is 57.8 Å². The van der Waals surface area contributed by atoms with Crippen molar-refractivity contribution in [3.63, 3.8) is 0 Å². The van der Waals surface area contributed by atoms with Crippen LogP contribution in [0.15, 0.2) is 0 Å². The van der Waals surface area contributed by atoms with Crippen molar-refractivity contribution in [2.45, 2.75) is 90.9 Å². The van der Waals surface area contributed by atoms with Gasteiger partial charge in [-0.15, -0.1) is 0 Å². The van der Waals surface area contributed by atoms with Gasteiger partial charge in [0.15, 0.2) is 0 Å². The molecule has 0 heterocycles. The molecule has 0 nitrogen and oxygen atoms in total. The zero-order valence-electron chi connectivity index (χ0n) is 15.8. The third kappa shape index (κ3) is 2.06. The summed E-state index contributed by atoms with van der Waals surface area (Å²) in [4.78, 5) is 0. The molecule has 0 heteroatoms. The maximum Gasteiger partial charge on any atom is 0.0328 e. The molecule has 8 fully saturated rings. The van der Waals surface area contributed by atoms with Gasteiger partial charge in [-0.3, -0.25) is 0 Å². The zero-order valence-corrected chi connectivity index (χ0v) is 15.8. The van der Waals surface area contributed by atoms with Crippen molar-refractivity contribution in [1.29, 1.82) is 0 Å². The first-order valence-electron chi connectivity index (χ1n) is 10.9. The van der Waals surface area contributed by atoms with Gasteiger partial charge in [-0.1, -0.05) is 25.7 Å². The summed E-state index contributed by atoms with van der Waals surface area (Å²) in [6, 6.07) is 0. The minimum absolute atomic E-state index is 0.409. The van der Waals surface area contributed by atoms with Gasteiger partial charge in [0.2, 0.25) is 0 Å². The summed E-state index contributed by atoms with van der Waals surface area (Å²) in [5, 5.41) is 0. The fraction of sp³-hybridized carbons (Fsp3) is 0.917. The zero-order chi connectivity index (χ0) is 16.2. The lowest BCUT2D eigenvalue weighted by Crippen LogP contribution is -2.54. The van der Waals surface area contributed by atoms with Crippen LogP contribution >= 0.6 is 0 Å². The Morgan fingerprint density at radius 3 is 1.50 bits per heavy atom. The molecule has 8 bridgehead atoms. The monoisotopic (exact) mass is 322 g/mol. The molecule has 0 N–H and O–H groups in total.